The smallest absolute Gasteiger partial charge is 0.264 e. The highest BCUT2D eigenvalue weighted by Gasteiger charge is 2.27. The third-order valence-electron chi connectivity index (χ3n) is 4.12. The monoisotopic (exact) mass is 438 g/mol. The van der Waals surface area contributed by atoms with E-state index in [1.165, 1.54) is 12.1 Å². The molecule has 0 heterocycles. The van der Waals surface area contributed by atoms with Gasteiger partial charge in [-0.15, -0.1) is 0 Å². The molecule has 1 N–H and O–H groups in total. The number of carbonyl (C=O) groups excluding carboxylic acids is 1. The Labute approximate surface area is 163 Å². The number of carbonyl (C=O) groups is 1. The zero-order chi connectivity index (χ0) is 19.3. The number of hydrogen-bond donors (Lipinski definition) is 1. The molecule has 26 heavy (non-hydrogen) atoms. The minimum atomic E-state index is -3.86. The van der Waals surface area contributed by atoms with Crippen molar-refractivity contribution in [3.63, 3.8) is 0 Å². The molecule has 0 bridgehead atoms. The minimum Gasteiger partial charge on any atom is -0.352 e. The summed E-state index contributed by atoms with van der Waals surface area (Å²) in [7, 11) is -3.86. The molecule has 0 spiro atoms. The van der Waals surface area contributed by atoms with Gasteiger partial charge in [-0.25, -0.2) is 8.42 Å². The molecule has 5 nitrogen and oxygen atoms in total. The van der Waals surface area contributed by atoms with Crippen molar-refractivity contribution in [1.82, 2.24) is 5.32 Å². The highest BCUT2D eigenvalue weighted by molar-refractivity contribution is 9.10. The number of anilines is 1. The Balaban J connectivity index is 2.37. The second kappa shape index (κ2) is 8.68. The zero-order valence-electron chi connectivity index (χ0n) is 15.0. The number of nitrogens with one attached hydrogen (secondary N) is 1. The van der Waals surface area contributed by atoms with Crippen LogP contribution < -0.4 is 9.62 Å². The third-order valence-corrected chi connectivity index (χ3v) is 6.44. The van der Waals surface area contributed by atoms with Crippen LogP contribution in [-0.4, -0.2) is 26.9 Å². The van der Waals surface area contributed by atoms with Gasteiger partial charge in [0.1, 0.15) is 6.54 Å². The first-order valence-corrected chi connectivity index (χ1v) is 10.6. The fraction of sp³-hybridized carbons (Fsp3) is 0.316. The molecule has 2 aromatic rings. The van der Waals surface area contributed by atoms with Gasteiger partial charge >= 0.3 is 0 Å². The number of benzene rings is 2. The van der Waals surface area contributed by atoms with Crippen molar-refractivity contribution in [2.45, 2.75) is 31.7 Å². The number of sulfonamides is 1. The molecule has 0 aliphatic heterocycles. The highest BCUT2D eigenvalue weighted by Crippen LogP contribution is 2.25. The molecule has 0 fully saturated rings. The summed E-state index contributed by atoms with van der Waals surface area (Å²) < 4.78 is 28.2. The van der Waals surface area contributed by atoms with Gasteiger partial charge in [0.15, 0.2) is 0 Å². The van der Waals surface area contributed by atoms with Crippen LogP contribution in [0.4, 0.5) is 5.69 Å². The van der Waals surface area contributed by atoms with E-state index in [9.17, 15) is 13.2 Å². The Morgan fingerprint density at radius 3 is 2.15 bits per heavy atom. The Hall–Kier alpha value is -1.86. The van der Waals surface area contributed by atoms with Crippen molar-refractivity contribution in [2.24, 2.45) is 5.92 Å². The second-order valence-corrected chi connectivity index (χ2v) is 9.18. The van der Waals surface area contributed by atoms with Crippen molar-refractivity contribution in [3.8, 4) is 0 Å². The van der Waals surface area contributed by atoms with Gasteiger partial charge in [-0.1, -0.05) is 48.0 Å². The molecule has 2 rings (SSSR count). The quantitative estimate of drug-likeness (QED) is 0.714. The maximum Gasteiger partial charge on any atom is 0.264 e. The van der Waals surface area contributed by atoms with Crippen LogP contribution in [0.3, 0.4) is 0 Å². The van der Waals surface area contributed by atoms with Crippen molar-refractivity contribution in [1.29, 1.82) is 0 Å². The van der Waals surface area contributed by atoms with Gasteiger partial charge in [0, 0.05) is 10.5 Å². The van der Waals surface area contributed by atoms with E-state index in [0.29, 0.717) is 5.69 Å². The van der Waals surface area contributed by atoms with E-state index in [1.54, 1.807) is 42.5 Å². The number of halogens is 1. The number of nitrogens with zero attached hydrogens (tertiary/aromatic N) is 1. The van der Waals surface area contributed by atoms with E-state index < -0.39 is 10.0 Å². The lowest BCUT2D eigenvalue weighted by molar-refractivity contribution is -0.120. The predicted octanol–water partition coefficient (Wildman–Crippen LogP) is 3.81. The van der Waals surface area contributed by atoms with E-state index >= 15 is 0 Å². The van der Waals surface area contributed by atoms with Gasteiger partial charge in [-0.3, -0.25) is 9.10 Å². The van der Waals surface area contributed by atoms with Crippen LogP contribution in [0.15, 0.2) is 64.0 Å². The van der Waals surface area contributed by atoms with Crippen molar-refractivity contribution >= 4 is 37.5 Å². The standard InChI is InChI=1S/C19H23BrN2O3S/c1-14(2)15(3)21-19(23)13-22(17-11-9-16(20)10-12-17)26(24,25)18-7-5-4-6-8-18/h4-12,14-15H,13H2,1-3H3,(H,21,23)/t15-/m1/s1. The summed E-state index contributed by atoms with van der Waals surface area (Å²) in [6.07, 6.45) is 0. The van der Waals surface area contributed by atoms with Crippen molar-refractivity contribution in [3.05, 3.63) is 59.1 Å². The maximum absolute atomic E-state index is 13.1. The fourth-order valence-corrected chi connectivity index (χ4v) is 3.95. The van der Waals surface area contributed by atoms with E-state index in [-0.39, 0.29) is 29.3 Å². The minimum absolute atomic E-state index is 0.0475. The van der Waals surface area contributed by atoms with Crippen LogP contribution in [0.25, 0.3) is 0 Å². The lowest BCUT2D eigenvalue weighted by atomic mass is 10.1. The van der Waals surface area contributed by atoms with E-state index in [0.717, 1.165) is 8.78 Å². The Morgan fingerprint density at radius 1 is 1.04 bits per heavy atom. The predicted molar refractivity (Wildman–Crippen MR) is 108 cm³/mol. The molecule has 140 valence electrons. The summed E-state index contributed by atoms with van der Waals surface area (Å²) in [5.74, 6) is -0.0839. The van der Waals surface area contributed by atoms with Gasteiger partial charge < -0.3 is 5.32 Å². The van der Waals surface area contributed by atoms with Crippen LogP contribution in [0.2, 0.25) is 0 Å². The van der Waals surface area contributed by atoms with Crippen LogP contribution in [-0.2, 0) is 14.8 Å². The summed E-state index contributed by atoms with van der Waals surface area (Å²) in [6, 6.07) is 14.9. The molecule has 0 aromatic heterocycles. The number of amides is 1. The second-order valence-electron chi connectivity index (χ2n) is 6.40. The molecule has 0 saturated carbocycles. The fourth-order valence-electron chi connectivity index (χ4n) is 2.24. The van der Waals surface area contributed by atoms with Gasteiger partial charge in [0.25, 0.3) is 10.0 Å². The molecule has 0 unspecified atom stereocenters. The third kappa shape index (κ3) is 5.08. The lowest BCUT2D eigenvalue weighted by Gasteiger charge is -2.25. The summed E-state index contributed by atoms with van der Waals surface area (Å²) >= 11 is 3.34. The Morgan fingerprint density at radius 2 is 1.62 bits per heavy atom. The normalized spacial score (nSPS) is 12.7. The molecule has 1 amide bonds. The first-order chi connectivity index (χ1) is 12.2. The summed E-state index contributed by atoms with van der Waals surface area (Å²) in [6.45, 7) is 5.62. The SMILES string of the molecule is CC(C)[C@@H](C)NC(=O)CN(c1ccc(Br)cc1)S(=O)(=O)c1ccccc1. The first kappa shape index (κ1) is 20.5. The topological polar surface area (TPSA) is 66.5 Å². The van der Waals surface area contributed by atoms with Gasteiger partial charge in [-0.05, 0) is 49.2 Å². The van der Waals surface area contributed by atoms with Crippen LogP contribution >= 0.6 is 15.9 Å². The van der Waals surface area contributed by atoms with Crippen LogP contribution in [0.5, 0.6) is 0 Å². The largest absolute Gasteiger partial charge is 0.352 e. The van der Waals surface area contributed by atoms with E-state index in [2.05, 4.69) is 21.2 Å². The molecule has 2 aromatic carbocycles. The number of rotatable bonds is 7. The lowest BCUT2D eigenvalue weighted by Crippen LogP contribution is -2.45. The van der Waals surface area contributed by atoms with Crippen molar-refractivity contribution in [2.75, 3.05) is 10.8 Å². The molecule has 0 saturated heterocycles. The summed E-state index contributed by atoms with van der Waals surface area (Å²) in [5, 5.41) is 2.86. The van der Waals surface area contributed by atoms with E-state index in [1.807, 2.05) is 20.8 Å². The molecular formula is C19H23BrN2O3S. The van der Waals surface area contributed by atoms with Crippen LogP contribution in [0, 0.1) is 5.92 Å². The maximum atomic E-state index is 13.1. The van der Waals surface area contributed by atoms with Gasteiger partial charge in [-0.2, -0.15) is 0 Å². The average molecular weight is 439 g/mol. The highest BCUT2D eigenvalue weighted by atomic mass is 79.9. The molecule has 0 aliphatic rings. The van der Waals surface area contributed by atoms with Gasteiger partial charge in [0.05, 0.1) is 10.6 Å². The summed E-state index contributed by atoms with van der Waals surface area (Å²) in [5.41, 5.74) is 0.435. The van der Waals surface area contributed by atoms with Gasteiger partial charge in [0.2, 0.25) is 5.91 Å². The number of hydrogen-bond acceptors (Lipinski definition) is 3. The summed E-state index contributed by atoms with van der Waals surface area (Å²) in [4.78, 5) is 12.6. The molecular weight excluding hydrogens is 416 g/mol. The average Bonchev–Trinajstić information content (AvgIpc) is 2.61. The van der Waals surface area contributed by atoms with Crippen LogP contribution in [0.1, 0.15) is 20.8 Å². The Bertz CT molecular complexity index is 837. The molecule has 7 heteroatoms. The zero-order valence-corrected chi connectivity index (χ0v) is 17.4. The van der Waals surface area contributed by atoms with Crippen molar-refractivity contribution < 1.29 is 13.2 Å². The first-order valence-electron chi connectivity index (χ1n) is 8.34. The van der Waals surface area contributed by atoms with E-state index in [4.69, 9.17) is 0 Å². The molecule has 0 radical (unpaired) electrons. The Kier molecular flexibility index (Phi) is 6.83. The molecule has 0 aliphatic carbocycles. The molecule has 1 atom stereocenters.